The van der Waals surface area contributed by atoms with Crippen molar-refractivity contribution in [2.45, 2.75) is 69.5 Å². The maximum atomic E-state index is 12.5. The second kappa shape index (κ2) is 17.7. The van der Waals surface area contributed by atoms with Gasteiger partial charge in [0.05, 0.1) is 18.2 Å². The molecular weight excluding hydrogens is 542 g/mol. The molecule has 2 aromatic carbocycles. The zero-order valence-corrected chi connectivity index (χ0v) is 26.1. The summed E-state index contributed by atoms with van der Waals surface area (Å²) in [6, 6.07) is 15.5. The molecule has 1 saturated heterocycles. The van der Waals surface area contributed by atoms with E-state index in [4.69, 9.17) is 0 Å². The average molecular weight is 592 g/mol. The Morgan fingerprint density at radius 3 is 2.37 bits per heavy atom. The van der Waals surface area contributed by atoms with Crippen LogP contribution in [0.1, 0.15) is 66.4 Å². The molecule has 3 rings (SSSR count). The van der Waals surface area contributed by atoms with Crippen LogP contribution in [0.2, 0.25) is 0 Å². The molecular formula is C34H49N5O4. The Kier molecular flexibility index (Phi) is 14.0. The second-order valence-electron chi connectivity index (χ2n) is 11.5. The number of carbonyl (C=O) groups is 4. The first-order valence-electron chi connectivity index (χ1n) is 15.5. The van der Waals surface area contributed by atoms with E-state index in [1.165, 1.54) is 0 Å². The Hall–Kier alpha value is -3.40. The van der Waals surface area contributed by atoms with E-state index >= 15 is 0 Å². The van der Waals surface area contributed by atoms with Crippen LogP contribution in [0.3, 0.4) is 0 Å². The zero-order chi connectivity index (χ0) is 31.1. The van der Waals surface area contributed by atoms with Gasteiger partial charge in [0, 0.05) is 44.4 Å². The number of nitrogens with one attached hydrogen (secondary N) is 2. The minimum atomic E-state index is -0.502. The van der Waals surface area contributed by atoms with Crippen LogP contribution in [0, 0.1) is 0 Å². The fourth-order valence-corrected chi connectivity index (χ4v) is 6.21. The molecule has 43 heavy (non-hydrogen) atoms. The topological polar surface area (TPSA) is 102 Å². The smallest absolute Gasteiger partial charge is 0.237 e. The molecule has 1 aliphatic rings. The summed E-state index contributed by atoms with van der Waals surface area (Å²) in [5.74, 6) is -0.132. The largest absolute Gasteiger partial charge is 0.358 e. The van der Waals surface area contributed by atoms with Gasteiger partial charge in [0.1, 0.15) is 18.9 Å². The van der Waals surface area contributed by atoms with Crippen LogP contribution in [-0.4, -0.2) is 93.6 Å². The third-order valence-electron chi connectivity index (χ3n) is 8.77. The third kappa shape index (κ3) is 9.29. The van der Waals surface area contributed by atoms with Gasteiger partial charge >= 0.3 is 0 Å². The molecule has 2 aromatic rings. The normalized spacial score (nSPS) is 15.5. The number of amides is 1. The minimum absolute atomic E-state index is 0.132. The lowest BCUT2D eigenvalue weighted by Crippen LogP contribution is -2.59. The first kappa shape index (κ1) is 34.1. The molecule has 0 saturated carbocycles. The molecule has 234 valence electrons. The molecule has 1 amide bonds. The van der Waals surface area contributed by atoms with Crippen molar-refractivity contribution < 1.29 is 19.2 Å². The maximum Gasteiger partial charge on any atom is 0.237 e. The molecule has 0 radical (unpaired) electrons. The van der Waals surface area contributed by atoms with Crippen LogP contribution in [0.15, 0.2) is 48.5 Å². The molecule has 9 heteroatoms. The lowest BCUT2D eigenvalue weighted by atomic mass is 9.86. The first-order valence-corrected chi connectivity index (χ1v) is 15.5. The van der Waals surface area contributed by atoms with Gasteiger partial charge in [-0.25, -0.2) is 0 Å². The van der Waals surface area contributed by atoms with Gasteiger partial charge in [-0.3, -0.25) is 14.5 Å². The summed E-state index contributed by atoms with van der Waals surface area (Å²) in [5.41, 5.74) is 3.28. The van der Waals surface area contributed by atoms with Crippen LogP contribution in [0.5, 0.6) is 0 Å². The van der Waals surface area contributed by atoms with Gasteiger partial charge in [-0.05, 0) is 82.4 Å². The zero-order valence-electron chi connectivity index (χ0n) is 26.1. The average Bonchev–Trinajstić information content (AvgIpc) is 3.04. The number of unbranched alkanes of at least 4 members (excludes halogenated alkanes) is 2. The molecule has 0 aliphatic carbocycles. The van der Waals surface area contributed by atoms with Gasteiger partial charge < -0.3 is 30.0 Å². The molecule has 1 heterocycles. The molecule has 1 fully saturated rings. The summed E-state index contributed by atoms with van der Waals surface area (Å²) < 4.78 is 0. The van der Waals surface area contributed by atoms with Crippen molar-refractivity contribution in [1.29, 1.82) is 0 Å². The number of benzene rings is 2. The summed E-state index contributed by atoms with van der Waals surface area (Å²) in [4.78, 5) is 54.4. The Balaban J connectivity index is 1.53. The van der Waals surface area contributed by atoms with Gasteiger partial charge in [-0.15, -0.1) is 0 Å². The molecule has 1 atom stereocenters. The number of hydrogen-bond donors (Lipinski definition) is 2. The van der Waals surface area contributed by atoms with E-state index in [1.54, 1.807) is 7.05 Å². The van der Waals surface area contributed by atoms with Crippen LogP contribution < -0.4 is 15.5 Å². The van der Waals surface area contributed by atoms with Gasteiger partial charge in [-0.1, -0.05) is 42.8 Å². The summed E-state index contributed by atoms with van der Waals surface area (Å²) in [7, 11) is 5.38. The molecule has 9 nitrogen and oxygen atoms in total. The monoisotopic (exact) mass is 591 g/mol. The van der Waals surface area contributed by atoms with Crippen molar-refractivity contribution in [3.63, 3.8) is 0 Å². The summed E-state index contributed by atoms with van der Waals surface area (Å²) in [6.45, 7) is 3.86. The number of rotatable bonds is 19. The maximum absolute atomic E-state index is 12.5. The summed E-state index contributed by atoms with van der Waals surface area (Å²) >= 11 is 0. The molecule has 0 spiro atoms. The van der Waals surface area contributed by atoms with Crippen LogP contribution in [0.4, 0.5) is 5.69 Å². The quantitative estimate of drug-likeness (QED) is 0.146. The minimum Gasteiger partial charge on any atom is -0.358 e. The van der Waals surface area contributed by atoms with E-state index in [2.05, 4.69) is 38.6 Å². The Labute approximate surface area is 257 Å². The fraction of sp³-hybridized carbons (Fsp3) is 0.529. The predicted octanol–water partition coefficient (Wildman–Crippen LogP) is 3.45. The Bertz CT molecular complexity index is 1170. The van der Waals surface area contributed by atoms with Gasteiger partial charge in [0.15, 0.2) is 0 Å². The van der Waals surface area contributed by atoms with Crippen molar-refractivity contribution in [1.82, 2.24) is 20.4 Å². The molecule has 1 unspecified atom stereocenters. The van der Waals surface area contributed by atoms with Crippen molar-refractivity contribution >= 4 is 30.5 Å². The summed E-state index contributed by atoms with van der Waals surface area (Å²) in [5, 5.41) is 5.93. The van der Waals surface area contributed by atoms with E-state index in [0.29, 0.717) is 31.6 Å². The number of para-hydroxylation sites is 1. The van der Waals surface area contributed by atoms with E-state index in [-0.39, 0.29) is 5.91 Å². The van der Waals surface area contributed by atoms with E-state index in [0.717, 1.165) is 93.8 Å². The predicted molar refractivity (Wildman–Crippen MR) is 171 cm³/mol. The number of aryl methyl sites for hydroxylation is 1. The number of likely N-dealkylation sites (N-methyl/N-ethyl adjacent to an activating group) is 2. The SMILES string of the molecule is CNCN(c1ccccc1)C1(C=O)CCN(CCCCCc2cccc(C=O)c2CN(C)C(CCC=O)C(=O)NC)CC1. The standard InChI is InChI=1S/C34H49N5O4/c1-35-27-39(30-15-7-4-8-16-30)34(26-42)18-21-38(22-19-34)20-9-5-6-12-28-13-10-14-29(25-41)31(28)24-37(3)32(17-11-23-40)33(43)36-2/h4,7-8,10,13-16,23,25-26,32,35H,5-6,9,11-12,17-22,24,27H2,1-3H3,(H,36,43). The molecule has 0 aromatic heterocycles. The van der Waals surface area contributed by atoms with Gasteiger partial charge in [0.2, 0.25) is 5.91 Å². The molecule has 0 bridgehead atoms. The highest BCUT2D eigenvalue weighted by atomic mass is 16.2. The Morgan fingerprint density at radius 2 is 1.74 bits per heavy atom. The van der Waals surface area contributed by atoms with E-state index in [1.807, 2.05) is 49.3 Å². The number of piperidine rings is 1. The van der Waals surface area contributed by atoms with Crippen molar-refractivity contribution in [3.8, 4) is 0 Å². The lowest BCUT2D eigenvalue weighted by molar-refractivity contribution is -0.126. The molecule has 1 aliphatic heterocycles. The number of carbonyl (C=O) groups excluding carboxylic acids is 4. The highest BCUT2D eigenvalue weighted by Gasteiger charge is 2.39. The van der Waals surface area contributed by atoms with Crippen LogP contribution in [-0.2, 0) is 27.3 Å². The van der Waals surface area contributed by atoms with Crippen molar-refractivity contribution in [2.24, 2.45) is 0 Å². The second-order valence-corrected chi connectivity index (χ2v) is 11.5. The highest BCUT2D eigenvalue weighted by Crippen LogP contribution is 2.31. The third-order valence-corrected chi connectivity index (χ3v) is 8.77. The van der Waals surface area contributed by atoms with Gasteiger partial charge in [0.25, 0.3) is 0 Å². The molecule has 2 N–H and O–H groups in total. The number of hydrogen-bond acceptors (Lipinski definition) is 8. The summed E-state index contributed by atoms with van der Waals surface area (Å²) in [6.07, 6.45) is 9.19. The lowest BCUT2D eigenvalue weighted by Gasteiger charge is -2.46. The number of likely N-dealkylation sites (tertiary alicyclic amines) is 1. The number of nitrogens with zero attached hydrogens (tertiary/aromatic N) is 3. The fourth-order valence-electron chi connectivity index (χ4n) is 6.21. The first-order chi connectivity index (χ1) is 20.9. The van der Waals surface area contributed by atoms with Crippen molar-refractivity contribution in [2.75, 3.05) is 52.3 Å². The van der Waals surface area contributed by atoms with Crippen molar-refractivity contribution in [3.05, 3.63) is 65.2 Å². The highest BCUT2D eigenvalue weighted by molar-refractivity contribution is 5.82. The van der Waals surface area contributed by atoms with Gasteiger partial charge in [-0.2, -0.15) is 0 Å². The number of anilines is 1. The van der Waals surface area contributed by atoms with E-state index < -0.39 is 11.6 Å². The van der Waals surface area contributed by atoms with E-state index in [9.17, 15) is 19.2 Å². The number of aldehydes is 3. The Morgan fingerprint density at radius 1 is 1.00 bits per heavy atom. The van der Waals surface area contributed by atoms with Crippen LogP contribution >= 0.6 is 0 Å². The van der Waals surface area contributed by atoms with Crippen LogP contribution in [0.25, 0.3) is 0 Å².